The third-order valence-corrected chi connectivity index (χ3v) is 18.4. The predicted molar refractivity (Wildman–Crippen MR) is 87.0 cm³/mol. The van der Waals surface area contributed by atoms with E-state index in [2.05, 4.69) is 68.5 Å². The van der Waals surface area contributed by atoms with Gasteiger partial charge in [0.1, 0.15) is 0 Å². The first-order valence-electron chi connectivity index (χ1n) is 7.22. The van der Waals surface area contributed by atoms with Crippen molar-refractivity contribution in [2.45, 2.75) is 90.6 Å². The maximum absolute atomic E-state index is 5.62. The molecular formula is C14H34NNaSi2. The molecule has 4 heteroatoms. The summed E-state index contributed by atoms with van der Waals surface area (Å²) in [5, 5.41) is 0. The van der Waals surface area contributed by atoms with Crippen LogP contribution in [0.1, 0.15) is 55.4 Å². The Labute approximate surface area is 140 Å². The topological polar surface area (TPSA) is 14.1 Å². The van der Waals surface area contributed by atoms with Crippen molar-refractivity contribution in [2.24, 2.45) is 0 Å². The quantitative estimate of drug-likeness (QED) is 0.668. The van der Waals surface area contributed by atoms with E-state index in [-0.39, 0.29) is 29.6 Å². The Morgan fingerprint density at radius 3 is 0.833 bits per heavy atom. The normalized spacial score (nSPS) is 13.7. The smallest absolute Gasteiger partial charge is 0.666 e. The first kappa shape index (κ1) is 21.7. The molecule has 0 aliphatic heterocycles. The minimum Gasteiger partial charge on any atom is -0.666 e. The molecule has 18 heavy (non-hydrogen) atoms. The first-order valence-corrected chi connectivity index (χ1v) is 12.4. The summed E-state index contributed by atoms with van der Waals surface area (Å²) in [5.74, 6) is 0. The molecule has 0 bridgehead atoms. The summed E-state index contributed by atoms with van der Waals surface area (Å²) in [6, 6.07) is 0. The van der Waals surface area contributed by atoms with Crippen LogP contribution in [-0.2, 0) is 0 Å². The van der Waals surface area contributed by atoms with Gasteiger partial charge in [0.2, 0.25) is 0 Å². The fourth-order valence-corrected chi connectivity index (χ4v) is 13.3. The Morgan fingerprint density at radius 1 is 0.556 bits per heavy atom. The van der Waals surface area contributed by atoms with Crippen molar-refractivity contribution in [1.29, 1.82) is 0 Å². The summed E-state index contributed by atoms with van der Waals surface area (Å²) in [6.45, 7) is 24.0. The number of rotatable bonds is 6. The molecule has 0 rings (SSSR count). The van der Waals surface area contributed by atoms with Crippen molar-refractivity contribution < 1.29 is 29.6 Å². The molecule has 0 aliphatic rings. The van der Waals surface area contributed by atoms with Crippen molar-refractivity contribution in [2.75, 3.05) is 0 Å². The first-order chi connectivity index (χ1) is 7.48. The molecule has 0 amide bonds. The Kier molecular flexibility index (Phi) is 9.62. The van der Waals surface area contributed by atoms with Crippen molar-refractivity contribution in [3.05, 3.63) is 4.65 Å². The molecule has 0 radical (unpaired) electrons. The SMILES string of the molecule is CC(C)[Si](C)([N-][Si](C)(C(C)C)C(C)C)C(C)C.[Na+]. The molecule has 1 nitrogen and oxygen atoms in total. The van der Waals surface area contributed by atoms with Gasteiger partial charge in [-0.1, -0.05) is 107 Å². The molecule has 0 atom stereocenters. The summed E-state index contributed by atoms with van der Waals surface area (Å²) < 4.78 is 5.62. The second-order valence-corrected chi connectivity index (χ2v) is 17.6. The monoisotopic (exact) mass is 295 g/mol. The molecule has 0 N–H and O–H groups in total. The van der Waals surface area contributed by atoms with Crippen LogP contribution in [0.3, 0.4) is 0 Å². The van der Waals surface area contributed by atoms with Crippen LogP contribution in [-0.4, -0.2) is 16.5 Å². The van der Waals surface area contributed by atoms with Gasteiger partial charge in [-0.2, -0.15) is 0 Å². The van der Waals surface area contributed by atoms with Crippen LogP contribution in [0.2, 0.25) is 35.3 Å². The van der Waals surface area contributed by atoms with Gasteiger partial charge in [0.05, 0.1) is 0 Å². The van der Waals surface area contributed by atoms with Crippen molar-refractivity contribution in [3.8, 4) is 0 Å². The minimum absolute atomic E-state index is 0. The summed E-state index contributed by atoms with van der Waals surface area (Å²) >= 11 is 0. The van der Waals surface area contributed by atoms with Crippen molar-refractivity contribution in [1.82, 2.24) is 0 Å². The molecule has 0 saturated carbocycles. The Morgan fingerprint density at radius 2 is 0.722 bits per heavy atom. The van der Waals surface area contributed by atoms with E-state index in [9.17, 15) is 0 Å². The zero-order chi connectivity index (χ0) is 14.0. The molecule has 0 spiro atoms. The maximum atomic E-state index is 5.62. The van der Waals surface area contributed by atoms with E-state index in [1.54, 1.807) is 0 Å². The van der Waals surface area contributed by atoms with E-state index >= 15 is 0 Å². The summed E-state index contributed by atoms with van der Waals surface area (Å²) in [4.78, 5) is 0. The van der Waals surface area contributed by atoms with E-state index in [1.807, 2.05) is 0 Å². The Balaban J connectivity index is 0. The van der Waals surface area contributed by atoms with Crippen LogP contribution in [0, 0.1) is 0 Å². The average Bonchev–Trinajstić information content (AvgIpc) is 2.15. The van der Waals surface area contributed by atoms with Gasteiger partial charge in [0, 0.05) is 0 Å². The number of hydrogen-bond donors (Lipinski definition) is 0. The van der Waals surface area contributed by atoms with E-state index in [1.165, 1.54) is 0 Å². The van der Waals surface area contributed by atoms with Crippen molar-refractivity contribution in [3.63, 3.8) is 0 Å². The van der Waals surface area contributed by atoms with Gasteiger partial charge in [0.15, 0.2) is 0 Å². The Bertz CT molecular complexity index is 200. The van der Waals surface area contributed by atoms with Crippen molar-refractivity contribution >= 4 is 16.5 Å². The van der Waals surface area contributed by atoms with Crippen LogP contribution < -0.4 is 29.6 Å². The summed E-state index contributed by atoms with van der Waals surface area (Å²) in [5.41, 5.74) is 3.03. The molecule has 104 valence electrons. The van der Waals surface area contributed by atoms with Crippen LogP contribution in [0.15, 0.2) is 0 Å². The van der Waals surface area contributed by atoms with E-state index in [0.717, 1.165) is 22.2 Å². The fourth-order valence-electron chi connectivity index (χ4n) is 2.37. The van der Waals surface area contributed by atoms with Gasteiger partial charge < -0.3 is 4.65 Å². The molecule has 0 aromatic carbocycles. The molecule has 0 fully saturated rings. The third kappa shape index (κ3) is 4.74. The van der Waals surface area contributed by atoms with Gasteiger partial charge in [-0.15, -0.1) is 0 Å². The molecule has 0 aromatic heterocycles. The molecule has 0 aliphatic carbocycles. The summed E-state index contributed by atoms with van der Waals surface area (Å²) in [7, 11) is -2.96. The molecule has 0 unspecified atom stereocenters. The average molecular weight is 296 g/mol. The second kappa shape index (κ2) is 7.99. The van der Waals surface area contributed by atoms with E-state index < -0.39 is 16.5 Å². The van der Waals surface area contributed by atoms with Crippen LogP contribution in [0.4, 0.5) is 0 Å². The standard InChI is InChI=1S/C14H34NSi2.Na/c1-11(2)16(9,12(3)4)15-17(10,13(5)6)14(7)8;/h11-14H,1-10H3;/q-1;+1. The largest absolute Gasteiger partial charge is 1.00 e. The van der Waals surface area contributed by atoms with Crippen LogP contribution in [0.5, 0.6) is 0 Å². The fraction of sp³-hybridized carbons (Fsp3) is 1.00. The molecule has 0 saturated heterocycles. The van der Waals surface area contributed by atoms with Crippen LogP contribution >= 0.6 is 0 Å². The number of nitrogens with zero attached hydrogens (tertiary/aromatic N) is 1. The minimum atomic E-state index is -1.48. The molecular weight excluding hydrogens is 261 g/mol. The van der Waals surface area contributed by atoms with Crippen LogP contribution in [0.25, 0.3) is 4.65 Å². The van der Waals surface area contributed by atoms with Gasteiger partial charge in [0.25, 0.3) is 0 Å². The zero-order valence-electron chi connectivity index (χ0n) is 14.8. The van der Waals surface area contributed by atoms with E-state index in [4.69, 9.17) is 4.65 Å². The molecule has 0 aromatic rings. The van der Waals surface area contributed by atoms with Gasteiger partial charge in [-0.25, -0.2) is 0 Å². The Hall–Kier alpha value is 1.39. The van der Waals surface area contributed by atoms with Gasteiger partial charge >= 0.3 is 29.6 Å². The third-order valence-electron chi connectivity index (χ3n) is 5.16. The predicted octanol–water partition coefficient (Wildman–Crippen LogP) is 3.15. The van der Waals surface area contributed by atoms with E-state index in [0.29, 0.717) is 0 Å². The maximum Gasteiger partial charge on any atom is 1.00 e. The van der Waals surface area contributed by atoms with Gasteiger partial charge in [-0.3, -0.25) is 0 Å². The zero-order valence-corrected chi connectivity index (χ0v) is 18.8. The molecule has 0 heterocycles. The number of hydrogen-bond acceptors (Lipinski definition) is 0. The second-order valence-electron chi connectivity index (χ2n) is 7.18. The van der Waals surface area contributed by atoms with Gasteiger partial charge in [-0.05, 0) is 0 Å². The summed E-state index contributed by atoms with van der Waals surface area (Å²) in [6.07, 6.45) is 0.